The van der Waals surface area contributed by atoms with Gasteiger partial charge in [-0.15, -0.1) is 0 Å². The molecule has 19 heavy (non-hydrogen) atoms. The van der Waals surface area contributed by atoms with Crippen LogP contribution >= 0.6 is 0 Å². The Morgan fingerprint density at radius 2 is 2.26 bits per heavy atom. The van der Waals surface area contributed by atoms with Crippen LogP contribution in [-0.2, 0) is 16.4 Å². The van der Waals surface area contributed by atoms with Crippen molar-refractivity contribution in [3.8, 4) is 0 Å². The molecule has 7 heteroatoms. The first-order valence-corrected chi connectivity index (χ1v) is 7.35. The van der Waals surface area contributed by atoms with Crippen LogP contribution in [0.1, 0.15) is 11.3 Å². The Balaban J connectivity index is 1.92. The zero-order valence-electron chi connectivity index (χ0n) is 10.3. The molecule has 0 unspecified atom stereocenters. The molecule has 0 radical (unpaired) electrons. The standard InChI is InChI=1S/C12H13N3O3S/c1-8-7-18-12(14-8)15-19(16,17)10-3-2-9-4-5-13-11(9)6-10/h2-3,6-7,13H,4-5H2,1H3,(H,14,15). The smallest absolute Gasteiger partial charge is 0.309 e. The number of aryl methyl sites for hydroxylation is 1. The van der Waals surface area contributed by atoms with Crippen molar-refractivity contribution in [1.29, 1.82) is 0 Å². The Morgan fingerprint density at radius 1 is 1.42 bits per heavy atom. The van der Waals surface area contributed by atoms with Gasteiger partial charge in [0.05, 0.1) is 10.6 Å². The summed E-state index contributed by atoms with van der Waals surface area (Å²) in [6.07, 6.45) is 2.31. The molecule has 2 heterocycles. The van der Waals surface area contributed by atoms with Gasteiger partial charge in [0.2, 0.25) is 0 Å². The molecule has 1 aromatic carbocycles. The van der Waals surface area contributed by atoms with E-state index in [9.17, 15) is 8.42 Å². The molecule has 2 aromatic rings. The number of hydrogen-bond acceptors (Lipinski definition) is 5. The van der Waals surface area contributed by atoms with Gasteiger partial charge in [0.1, 0.15) is 6.26 Å². The molecule has 1 aliphatic rings. The quantitative estimate of drug-likeness (QED) is 0.894. The zero-order chi connectivity index (χ0) is 13.5. The second-order valence-corrected chi connectivity index (χ2v) is 6.08. The molecule has 1 aromatic heterocycles. The third kappa shape index (κ3) is 2.28. The predicted octanol–water partition coefficient (Wildman–Crippen LogP) is 1.75. The lowest BCUT2D eigenvalue weighted by Crippen LogP contribution is -2.13. The molecule has 100 valence electrons. The first-order chi connectivity index (χ1) is 9.04. The van der Waals surface area contributed by atoms with Crippen LogP contribution in [0, 0.1) is 6.92 Å². The third-order valence-corrected chi connectivity index (χ3v) is 4.26. The molecule has 0 atom stereocenters. The number of sulfonamides is 1. The van der Waals surface area contributed by atoms with Gasteiger partial charge >= 0.3 is 6.01 Å². The first-order valence-electron chi connectivity index (χ1n) is 5.86. The lowest BCUT2D eigenvalue weighted by atomic mass is 10.2. The van der Waals surface area contributed by atoms with Crippen molar-refractivity contribution in [1.82, 2.24) is 4.98 Å². The Morgan fingerprint density at radius 3 is 3.00 bits per heavy atom. The minimum Gasteiger partial charge on any atom is -0.431 e. The highest BCUT2D eigenvalue weighted by Gasteiger charge is 2.20. The number of anilines is 2. The summed E-state index contributed by atoms with van der Waals surface area (Å²) < 4.78 is 31.7. The topological polar surface area (TPSA) is 84.2 Å². The molecule has 0 spiro atoms. The fourth-order valence-electron chi connectivity index (χ4n) is 2.01. The lowest BCUT2D eigenvalue weighted by molar-refractivity contribution is 0.569. The van der Waals surface area contributed by atoms with Crippen molar-refractivity contribution < 1.29 is 12.8 Å². The summed E-state index contributed by atoms with van der Waals surface area (Å²) in [4.78, 5) is 4.11. The van der Waals surface area contributed by atoms with Gasteiger partial charge in [-0.1, -0.05) is 6.07 Å². The largest absolute Gasteiger partial charge is 0.431 e. The van der Waals surface area contributed by atoms with Crippen molar-refractivity contribution in [3.05, 3.63) is 35.7 Å². The van der Waals surface area contributed by atoms with Crippen LogP contribution in [0.2, 0.25) is 0 Å². The van der Waals surface area contributed by atoms with Gasteiger partial charge < -0.3 is 9.73 Å². The number of nitrogens with one attached hydrogen (secondary N) is 2. The third-order valence-electron chi connectivity index (χ3n) is 2.94. The zero-order valence-corrected chi connectivity index (χ0v) is 11.1. The van der Waals surface area contributed by atoms with E-state index in [1.54, 1.807) is 19.1 Å². The molecule has 0 saturated carbocycles. The van der Waals surface area contributed by atoms with Gasteiger partial charge in [-0.3, -0.25) is 0 Å². The predicted molar refractivity (Wildman–Crippen MR) is 70.7 cm³/mol. The number of hydrogen-bond donors (Lipinski definition) is 2. The van der Waals surface area contributed by atoms with E-state index in [4.69, 9.17) is 4.42 Å². The molecule has 0 amide bonds. The minimum atomic E-state index is -3.67. The summed E-state index contributed by atoms with van der Waals surface area (Å²) in [5.41, 5.74) is 2.62. The number of fused-ring (bicyclic) bond motifs is 1. The van der Waals surface area contributed by atoms with Crippen molar-refractivity contribution in [3.63, 3.8) is 0 Å². The maximum absolute atomic E-state index is 12.2. The van der Waals surface area contributed by atoms with E-state index in [0.717, 1.165) is 24.2 Å². The summed E-state index contributed by atoms with van der Waals surface area (Å²) >= 11 is 0. The van der Waals surface area contributed by atoms with E-state index in [1.165, 1.54) is 6.26 Å². The maximum Gasteiger partial charge on any atom is 0.309 e. The van der Waals surface area contributed by atoms with Crippen molar-refractivity contribution in [2.75, 3.05) is 16.6 Å². The van der Waals surface area contributed by atoms with E-state index < -0.39 is 10.0 Å². The van der Waals surface area contributed by atoms with Crippen LogP contribution in [0.4, 0.5) is 11.7 Å². The van der Waals surface area contributed by atoms with Crippen LogP contribution in [0.25, 0.3) is 0 Å². The van der Waals surface area contributed by atoms with Gasteiger partial charge in [-0.25, -0.2) is 13.1 Å². The summed E-state index contributed by atoms with van der Waals surface area (Å²) in [5.74, 6) is 0. The number of benzene rings is 1. The van der Waals surface area contributed by atoms with Crippen LogP contribution in [0.5, 0.6) is 0 Å². The average molecular weight is 279 g/mol. The second-order valence-electron chi connectivity index (χ2n) is 4.40. The molecule has 0 bridgehead atoms. The average Bonchev–Trinajstić information content (AvgIpc) is 2.96. The number of oxazole rings is 1. The molecular formula is C12H13N3O3S. The highest BCUT2D eigenvalue weighted by atomic mass is 32.2. The number of nitrogens with zero attached hydrogens (tertiary/aromatic N) is 1. The van der Waals surface area contributed by atoms with Crippen LogP contribution in [0.15, 0.2) is 33.8 Å². The van der Waals surface area contributed by atoms with E-state index in [0.29, 0.717) is 5.69 Å². The summed E-state index contributed by atoms with van der Waals surface area (Å²) in [5, 5.41) is 3.15. The Labute approximate surface area is 110 Å². The Bertz CT molecular complexity index is 722. The van der Waals surface area contributed by atoms with Crippen molar-refractivity contribution >= 4 is 21.7 Å². The van der Waals surface area contributed by atoms with E-state index in [-0.39, 0.29) is 10.9 Å². The second kappa shape index (κ2) is 4.27. The van der Waals surface area contributed by atoms with Crippen molar-refractivity contribution in [2.24, 2.45) is 0 Å². The molecule has 3 rings (SSSR count). The Kier molecular flexibility index (Phi) is 2.70. The van der Waals surface area contributed by atoms with E-state index in [2.05, 4.69) is 15.0 Å². The number of rotatable bonds is 3. The fraction of sp³-hybridized carbons (Fsp3) is 0.250. The van der Waals surface area contributed by atoms with Gasteiger partial charge in [0, 0.05) is 12.2 Å². The molecule has 1 aliphatic heterocycles. The van der Waals surface area contributed by atoms with Crippen LogP contribution < -0.4 is 10.0 Å². The fourth-order valence-corrected chi connectivity index (χ4v) is 2.97. The van der Waals surface area contributed by atoms with Crippen LogP contribution in [0.3, 0.4) is 0 Å². The van der Waals surface area contributed by atoms with Gasteiger partial charge in [-0.2, -0.15) is 4.98 Å². The van der Waals surface area contributed by atoms with Crippen LogP contribution in [-0.4, -0.2) is 19.9 Å². The van der Waals surface area contributed by atoms with Crippen molar-refractivity contribution in [2.45, 2.75) is 18.2 Å². The minimum absolute atomic E-state index is 0.0223. The van der Waals surface area contributed by atoms with Gasteiger partial charge in [0.15, 0.2) is 0 Å². The summed E-state index contributed by atoms with van der Waals surface area (Å²) in [6.45, 7) is 2.56. The maximum atomic E-state index is 12.2. The summed E-state index contributed by atoms with van der Waals surface area (Å²) in [6, 6.07) is 5.01. The highest BCUT2D eigenvalue weighted by molar-refractivity contribution is 7.92. The monoisotopic (exact) mass is 279 g/mol. The van der Waals surface area contributed by atoms with Gasteiger partial charge in [-0.05, 0) is 31.0 Å². The number of aromatic nitrogens is 1. The highest BCUT2D eigenvalue weighted by Crippen LogP contribution is 2.26. The molecule has 2 N–H and O–H groups in total. The van der Waals surface area contributed by atoms with E-state index >= 15 is 0 Å². The van der Waals surface area contributed by atoms with E-state index in [1.807, 2.05) is 6.07 Å². The molecule has 0 aliphatic carbocycles. The SMILES string of the molecule is Cc1coc(NS(=O)(=O)c2ccc3c(c2)NCC3)n1. The Hall–Kier alpha value is -2.02. The normalized spacial score (nSPS) is 13.9. The van der Waals surface area contributed by atoms with Gasteiger partial charge in [0.25, 0.3) is 10.0 Å². The first kappa shape index (κ1) is 12.0. The lowest BCUT2D eigenvalue weighted by Gasteiger charge is -2.06. The summed E-state index contributed by atoms with van der Waals surface area (Å²) in [7, 11) is -3.67. The molecular weight excluding hydrogens is 266 g/mol. The molecule has 0 fully saturated rings. The molecule has 0 saturated heterocycles. The molecule has 6 nitrogen and oxygen atoms in total.